The van der Waals surface area contributed by atoms with E-state index in [9.17, 15) is 4.79 Å². The highest BCUT2D eigenvalue weighted by atomic mass is 35.5. The number of aliphatic imine (C=N–C) groups is 1. The lowest BCUT2D eigenvalue weighted by Crippen LogP contribution is -2.35. The molecule has 2 aliphatic rings. The third-order valence-corrected chi connectivity index (χ3v) is 7.33. The molecule has 2 heterocycles. The van der Waals surface area contributed by atoms with Gasteiger partial charge in [0.15, 0.2) is 28.8 Å². The second kappa shape index (κ2) is 12.0. The fourth-order valence-electron chi connectivity index (χ4n) is 3.90. The van der Waals surface area contributed by atoms with Crippen molar-refractivity contribution in [1.82, 2.24) is 5.01 Å². The van der Waals surface area contributed by atoms with Gasteiger partial charge < -0.3 is 18.9 Å². The largest absolute Gasteiger partial charge is 0.493 e. The van der Waals surface area contributed by atoms with Gasteiger partial charge >= 0.3 is 0 Å². The third-order valence-electron chi connectivity index (χ3n) is 5.78. The summed E-state index contributed by atoms with van der Waals surface area (Å²) in [6, 6.07) is 17.8. The van der Waals surface area contributed by atoms with E-state index in [0.29, 0.717) is 44.2 Å². The van der Waals surface area contributed by atoms with Gasteiger partial charge in [-0.2, -0.15) is 15.1 Å². The molecule has 0 radical (unpaired) electrons. The van der Waals surface area contributed by atoms with Gasteiger partial charge in [0.2, 0.25) is 5.17 Å². The number of nitrogens with one attached hydrogen (secondary N) is 1. The number of hydrogen-bond donors (Lipinski definition) is 1. The minimum absolute atomic E-state index is 0.0468. The SMILES string of the molecule is COc1ccccc1OCCOc1c(Cl)cc(/C=C2/C(=N)N3N=C(c4ccccc4Cl)SC3=NC2=O)cc1OC. The number of carbonyl (C=O) groups is 1. The summed E-state index contributed by atoms with van der Waals surface area (Å²) in [4.78, 5) is 17.0. The van der Waals surface area contributed by atoms with Gasteiger partial charge in [-0.3, -0.25) is 10.2 Å². The summed E-state index contributed by atoms with van der Waals surface area (Å²) in [7, 11) is 3.06. The normalized spacial score (nSPS) is 15.5. The lowest BCUT2D eigenvalue weighted by atomic mass is 10.1. The van der Waals surface area contributed by atoms with Crippen molar-refractivity contribution in [3.63, 3.8) is 0 Å². The van der Waals surface area contributed by atoms with Gasteiger partial charge in [0.05, 0.1) is 29.8 Å². The first-order valence-corrected chi connectivity index (χ1v) is 13.5. The van der Waals surface area contributed by atoms with Gasteiger partial charge in [0, 0.05) is 5.56 Å². The smallest absolute Gasteiger partial charge is 0.283 e. The van der Waals surface area contributed by atoms with Gasteiger partial charge in [-0.1, -0.05) is 53.5 Å². The average molecular weight is 597 g/mol. The highest BCUT2D eigenvalue weighted by Gasteiger charge is 2.36. The summed E-state index contributed by atoms with van der Waals surface area (Å²) in [5.41, 5.74) is 1.26. The van der Waals surface area contributed by atoms with Crippen LogP contribution in [0.3, 0.4) is 0 Å². The van der Waals surface area contributed by atoms with Crippen molar-refractivity contribution in [3.05, 3.63) is 87.4 Å². The van der Waals surface area contributed by atoms with E-state index in [1.165, 1.54) is 30.0 Å². The van der Waals surface area contributed by atoms with Crippen molar-refractivity contribution in [1.29, 1.82) is 5.41 Å². The Labute approximate surface area is 244 Å². The number of carbonyl (C=O) groups excluding carboxylic acids is 1. The molecule has 0 saturated carbocycles. The van der Waals surface area contributed by atoms with Crippen molar-refractivity contribution in [2.75, 3.05) is 27.4 Å². The van der Waals surface area contributed by atoms with Crippen molar-refractivity contribution < 1.29 is 23.7 Å². The number of nitrogens with zero attached hydrogens (tertiary/aromatic N) is 3. The number of thioether (sulfide) groups is 1. The maximum Gasteiger partial charge on any atom is 0.283 e. The van der Waals surface area contributed by atoms with Gasteiger partial charge in [-0.05, 0) is 53.7 Å². The molecule has 0 saturated heterocycles. The number of para-hydroxylation sites is 2. The van der Waals surface area contributed by atoms with Crippen molar-refractivity contribution in [2.45, 2.75) is 0 Å². The summed E-state index contributed by atoms with van der Waals surface area (Å²) in [6.07, 6.45) is 1.52. The maximum absolute atomic E-state index is 12.9. The zero-order valence-electron chi connectivity index (χ0n) is 21.3. The minimum atomic E-state index is -0.566. The Kier molecular flexibility index (Phi) is 8.29. The molecule has 0 spiro atoms. The number of amidine groups is 2. The highest BCUT2D eigenvalue weighted by Crippen LogP contribution is 2.38. The molecule has 0 bridgehead atoms. The molecule has 0 aliphatic carbocycles. The molecule has 2 aliphatic heterocycles. The van der Waals surface area contributed by atoms with Crippen molar-refractivity contribution in [3.8, 4) is 23.0 Å². The minimum Gasteiger partial charge on any atom is -0.493 e. The van der Waals surface area contributed by atoms with Gasteiger partial charge in [0.1, 0.15) is 18.3 Å². The Morgan fingerprint density at radius 3 is 2.38 bits per heavy atom. The molecule has 9 nitrogen and oxygen atoms in total. The van der Waals surface area contributed by atoms with E-state index < -0.39 is 5.91 Å². The van der Waals surface area contributed by atoms with E-state index in [-0.39, 0.29) is 34.8 Å². The Morgan fingerprint density at radius 1 is 0.925 bits per heavy atom. The quantitative estimate of drug-likeness (QED) is 0.234. The molecule has 3 aromatic rings. The van der Waals surface area contributed by atoms with Crippen LogP contribution in [-0.4, -0.2) is 54.4 Å². The molecule has 1 N–H and O–H groups in total. The molecule has 12 heteroatoms. The van der Waals surface area contributed by atoms with Gasteiger partial charge in [-0.25, -0.2) is 0 Å². The van der Waals surface area contributed by atoms with Crippen molar-refractivity contribution >= 4 is 63.0 Å². The summed E-state index contributed by atoms with van der Waals surface area (Å²) in [6.45, 7) is 0.426. The van der Waals surface area contributed by atoms with Crippen LogP contribution in [0.5, 0.6) is 23.0 Å². The zero-order chi connectivity index (χ0) is 28.2. The number of amides is 1. The number of methoxy groups -OCH3 is 2. The molecule has 0 atom stereocenters. The predicted octanol–water partition coefficient (Wildman–Crippen LogP) is 6.14. The molecule has 5 rings (SSSR count). The first kappa shape index (κ1) is 27.6. The molecule has 0 fully saturated rings. The zero-order valence-corrected chi connectivity index (χ0v) is 23.6. The van der Waals surface area contributed by atoms with Gasteiger partial charge in [0.25, 0.3) is 5.91 Å². The number of ether oxygens (including phenoxy) is 4. The molecule has 3 aromatic carbocycles. The van der Waals surface area contributed by atoms with Crippen molar-refractivity contribution in [2.24, 2.45) is 10.1 Å². The molecule has 40 heavy (non-hydrogen) atoms. The Morgan fingerprint density at radius 2 is 1.62 bits per heavy atom. The van der Waals surface area contributed by atoms with Crippen LogP contribution >= 0.6 is 35.0 Å². The highest BCUT2D eigenvalue weighted by molar-refractivity contribution is 8.27. The first-order chi connectivity index (χ1) is 19.4. The van der Waals surface area contributed by atoms with Crippen LogP contribution in [-0.2, 0) is 4.79 Å². The van der Waals surface area contributed by atoms with Crippen LogP contribution in [0.1, 0.15) is 11.1 Å². The van der Waals surface area contributed by atoms with E-state index in [4.69, 9.17) is 47.6 Å². The molecule has 1 amide bonds. The first-order valence-electron chi connectivity index (χ1n) is 11.9. The van der Waals surface area contributed by atoms with Crippen LogP contribution in [0, 0.1) is 5.41 Å². The van der Waals surface area contributed by atoms with Crippen LogP contribution in [0.4, 0.5) is 0 Å². The summed E-state index contributed by atoms with van der Waals surface area (Å²) in [5.74, 6) is 1.21. The number of fused-ring (bicyclic) bond motifs is 1. The molecule has 0 unspecified atom stereocenters. The summed E-state index contributed by atoms with van der Waals surface area (Å²) in [5, 5.41) is 16.1. The number of hydrogen-bond acceptors (Lipinski definition) is 8. The number of halogens is 2. The Bertz CT molecular complexity index is 1590. The second-order valence-electron chi connectivity index (χ2n) is 8.29. The van der Waals surface area contributed by atoms with Crippen LogP contribution in [0.25, 0.3) is 6.08 Å². The lowest BCUT2D eigenvalue weighted by molar-refractivity contribution is -0.114. The maximum atomic E-state index is 12.9. The number of hydrazone groups is 1. The van der Waals surface area contributed by atoms with Crippen LogP contribution in [0.2, 0.25) is 10.0 Å². The summed E-state index contributed by atoms with van der Waals surface area (Å²) < 4.78 is 22.4. The van der Waals surface area contributed by atoms with E-state index >= 15 is 0 Å². The van der Waals surface area contributed by atoms with E-state index in [1.807, 2.05) is 30.3 Å². The molecule has 204 valence electrons. The second-order valence-corrected chi connectivity index (χ2v) is 10.1. The summed E-state index contributed by atoms with van der Waals surface area (Å²) >= 11 is 14.0. The molecular weight excluding hydrogens is 575 g/mol. The van der Waals surface area contributed by atoms with Gasteiger partial charge in [-0.15, -0.1) is 0 Å². The Hall–Kier alpha value is -3.99. The predicted molar refractivity (Wildman–Crippen MR) is 158 cm³/mol. The fraction of sp³-hybridized carbons (Fsp3) is 0.143. The third kappa shape index (κ3) is 5.65. The van der Waals surface area contributed by atoms with E-state index in [2.05, 4.69) is 10.1 Å². The molecule has 0 aromatic heterocycles. The fourth-order valence-corrected chi connectivity index (χ4v) is 5.38. The lowest BCUT2D eigenvalue weighted by Gasteiger charge is -2.20. The number of benzene rings is 3. The van der Waals surface area contributed by atoms with Crippen LogP contribution < -0.4 is 18.9 Å². The number of rotatable bonds is 9. The average Bonchev–Trinajstić information content (AvgIpc) is 3.38. The standard InChI is InChI=1S/C28H22Cl2N4O5S/c1-36-21-9-5-6-10-22(21)38-11-12-39-24-20(30)14-16(15-23(24)37-2)13-18-25(31)34-28(32-26(18)35)40-27(33-34)17-7-3-4-8-19(17)29/h3-10,13-15,31H,11-12H2,1-2H3/b18-13-,31-25?. The van der Waals surface area contributed by atoms with E-state index in [0.717, 1.165) is 0 Å². The van der Waals surface area contributed by atoms with E-state index in [1.54, 1.807) is 37.4 Å². The monoisotopic (exact) mass is 596 g/mol. The van der Waals surface area contributed by atoms with Crippen LogP contribution in [0.15, 0.2) is 76.3 Å². The Balaban J connectivity index is 1.32. The topological polar surface area (TPSA) is 106 Å². The molecular formula is C28H22Cl2N4O5S.